The van der Waals surface area contributed by atoms with Gasteiger partial charge in [-0.05, 0) is 31.6 Å². The van der Waals surface area contributed by atoms with Crippen molar-refractivity contribution in [1.29, 1.82) is 0 Å². The van der Waals surface area contributed by atoms with Crippen molar-refractivity contribution in [3.63, 3.8) is 0 Å². The maximum absolute atomic E-state index is 4.54. The van der Waals surface area contributed by atoms with Crippen LogP contribution in [0.5, 0.6) is 0 Å². The van der Waals surface area contributed by atoms with Gasteiger partial charge in [0.15, 0.2) is 0 Å². The van der Waals surface area contributed by atoms with E-state index in [-0.39, 0.29) is 5.54 Å². The van der Waals surface area contributed by atoms with Gasteiger partial charge in [0.25, 0.3) is 0 Å². The number of nitrogens with one attached hydrogen (secondary N) is 2. The lowest BCUT2D eigenvalue weighted by molar-refractivity contribution is 0.183. The molecule has 1 aromatic rings. The van der Waals surface area contributed by atoms with Crippen LogP contribution in [0.2, 0.25) is 0 Å². The molecule has 1 aliphatic carbocycles. The summed E-state index contributed by atoms with van der Waals surface area (Å²) in [4.78, 5) is 7.83. The first-order valence-electron chi connectivity index (χ1n) is 6.08. The summed E-state index contributed by atoms with van der Waals surface area (Å²) in [7, 11) is 0. The van der Waals surface area contributed by atoms with Crippen molar-refractivity contribution in [3.05, 3.63) is 17.7 Å². The fourth-order valence-corrected chi connectivity index (χ4v) is 3.10. The number of hydrogen-bond acceptors (Lipinski definition) is 2. The Morgan fingerprint density at radius 3 is 3.00 bits per heavy atom. The third-order valence-electron chi connectivity index (χ3n) is 4.14. The fraction of sp³-hybridized carbons (Fsp3) is 0.750. The van der Waals surface area contributed by atoms with E-state index in [1.165, 1.54) is 37.1 Å². The molecular formula is C12H19N3. The predicted octanol–water partition coefficient (Wildman–Crippen LogP) is 1.96. The molecule has 0 radical (unpaired) electrons. The summed E-state index contributed by atoms with van der Waals surface area (Å²) in [5, 5.41) is 3.71. The number of H-pyrrole nitrogens is 1. The molecule has 1 aromatic heterocycles. The van der Waals surface area contributed by atoms with Crippen molar-refractivity contribution in [3.8, 4) is 0 Å². The van der Waals surface area contributed by atoms with Gasteiger partial charge in [-0.1, -0.05) is 6.92 Å². The molecule has 1 spiro atoms. The first-order valence-corrected chi connectivity index (χ1v) is 6.08. The largest absolute Gasteiger partial charge is 0.348 e. The summed E-state index contributed by atoms with van der Waals surface area (Å²) in [6.45, 7) is 3.46. The Kier molecular flexibility index (Phi) is 2.09. The van der Waals surface area contributed by atoms with Gasteiger partial charge in [0.2, 0.25) is 0 Å². The summed E-state index contributed by atoms with van der Waals surface area (Å²) in [5.41, 5.74) is 2.88. The summed E-state index contributed by atoms with van der Waals surface area (Å²) >= 11 is 0. The number of aromatic nitrogens is 2. The molecule has 1 saturated carbocycles. The van der Waals surface area contributed by atoms with Crippen LogP contribution in [0.3, 0.4) is 0 Å². The van der Waals surface area contributed by atoms with Crippen molar-refractivity contribution in [2.75, 3.05) is 6.54 Å². The van der Waals surface area contributed by atoms with Crippen molar-refractivity contribution >= 4 is 0 Å². The molecule has 0 aromatic carbocycles. The monoisotopic (exact) mass is 205 g/mol. The Labute approximate surface area is 90.7 Å². The molecule has 3 heteroatoms. The molecule has 82 valence electrons. The predicted molar refractivity (Wildman–Crippen MR) is 59.6 cm³/mol. The summed E-state index contributed by atoms with van der Waals surface area (Å²) < 4.78 is 0. The molecule has 0 amide bonds. The summed E-state index contributed by atoms with van der Waals surface area (Å²) in [6, 6.07) is 0. The van der Waals surface area contributed by atoms with E-state index < -0.39 is 0 Å². The van der Waals surface area contributed by atoms with Gasteiger partial charge in [-0.2, -0.15) is 0 Å². The van der Waals surface area contributed by atoms with Crippen LogP contribution in [-0.2, 0) is 12.0 Å². The minimum atomic E-state index is 0.208. The quantitative estimate of drug-likeness (QED) is 0.679. The highest BCUT2D eigenvalue weighted by atomic mass is 15.1. The topological polar surface area (TPSA) is 40.7 Å². The van der Waals surface area contributed by atoms with Crippen LogP contribution in [0.1, 0.15) is 44.0 Å². The lowest BCUT2D eigenvalue weighted by atomic mass is 9.73. The molecule has 2 heterocycles. The average molecular weight is 205 g/mol. The number of imidazole rings is 1. The lowest BCUT2D eigenvalue weighted by Gasteiger charge is -2.42. The highest BCUT2D eigenvalue weighted by Gasteiger charge is 2.40. The zero-order valence-corrected chi connectivity index (χ0v) is 9.34. The Morgan fingerprint density at radius 1 is 1.40 bits per heavy atom. The normalized spacial score (nSPS) is 35.4. The number of fused-ring (bicyclic) bond motifs is 2. The van der Waals surface area contributed by atoms with Crippen molar-refractivity contribution in [2.24, 2.45) is 5.92 Å². The number of aromatic amines is 1. The zero-order chi connectivity index (χ0) is 10.3. The minimum Gasteiger partial charge on any atom is -0.348 e. The van der Waals surface area contributed by atoms with E-state index in [1.807, 2.05) is 6.33 Å². The molecular weight excluding hydrogens is 186 g/mol. The van der Waals surface area contributed by atoms with E-state index in [9.17, 15) is 0 Å². The number of nitrogens with zero attached hydrogens (tertiary/aromatic N) is 1. The standard InChI is InChI=1S/C12H19N3/c1-9-2-5-12(6-3-9)11-10(4-7-15-12)13-8-14-11/h8-9,15H,2-7H2,1H3,(H,13,14). The second-order valence-electron chi connectivity index (χ2n) is 5.17. The molecule has 2 N–H and O–H groups in total. The molecule has 15 heavy (non-hydrogen) atoms. The summed E-state index contributed by atoms with van der Waals surface area (Å²) in [5.74, 6) is 0.891. The van der Waals surface area contributed by atoms with Gasteiger partial charge in [0.05, 0.1) is 17.6 Å². The van der Waals surface area contributed by atoms with Crippen molar-refractivity contribution in [2.45, 2.75) is 44.6 Å². The van der Waals surface area contributed by atoms with E-state index in [2.05, 4.69) is 22.2 Å². The van der Waals surface area contributed by atoms with Gasteiger partial charge in [-0.15, -0.1) is 0 Å². The van der Waals surface area contributed by atoms with Crippen LogP contribution < -0.4 is 5.32 Å². The Bertz CT molecular complexity index is 348. The summed E-state index contributed by atoms with van der Waals surface area (Å²) in [6.07, 6.45) is 8.14. The van der Waals surface area contributed by atoms with Crippen LogP contribution in [0, 0.1) is 5.92 Å². The van der Waals surface area contributed by atoms with Crippen LogP contribution >= 0.6 is 0 Å². The molecule has 0 atom stereocenters. The highest BCUT2D eigenvalue weighted by Crippen LogP contribution is 2.41. The fourth-order valence-electron chi connectivity index (χ4n) is 3.10. The van der Waals surface area contributed by atoms with Crippen LogP contribution in [0.15, 0.2) is 6.33 Å². The Hall–Kier alpha value is -0.830. The smallest absolute Gasteiger partial charge is 0.0926 e. The van der Waals surface area contributed by atoms with E-state index in [0.29, 0.717) is 0 Å². The first kappa shape index (κ1) is 9.40. The van der Waals surface area contributed by atoms with Gasteiger partial charge in [0, 0.05) is 18.7 Å². The Balaban J connectivity index is 1.94. The molecule has 0 bridgehead atoms. The van der Waals surface area contributed by atoms with Crippen LogP contribution in [-0.4, -0.2) is 16.5 Å². The SMILES string of the molecule is CC1CCC2(CC1)NCCc1[nH]cnc12. The molecule has 1 fully saturated rings. The van der Waals surface area contributed by atoms with Gasteiger partial charge >= 0.3 is 0 Å². The number of hydrogen-bond donors (Lipinski definition) is 2. The van der Waals surface area contributed by atoms with Crippen LogP contribution in [0.25, 0.3) is 0 Å². The van der Waals surface area contributed by atoms with Crippen LogP contribution in [0.4, 0.5) is 0 Å². The van der Waals surface area contributed by atoms with Gasteiger partial charge in [-0.3, -0.25) is 0 Å². The van der Waals surface area contributed by atoms with Gasteiger partial charge < -0.3 is 10.3 Å². The second kappa shape index (κ2) is 3.34. The zero-order valence-electron chi connectivity index (χ0n) is 9.34. The number of rotatable bonds is 0. The van der Waals surface area contributed by atoms with E-state index in [1.54, 1.807) is 0 Å². The maximum Gasteiger partial charge on any atom is 0.0926 e. The minimum absolute atomic E-state index is 0.208. The van der Waals surface area contributed by atoms with E-state index >= 15 is 0 Å². The molecule has 0 unspecified atom stereocenters. The lowest BCUT2D eigenvalue weighted by Crippen LogP contribution is -2.49. The first-order chi connectivity index (χ1) is 7.30. The van der Waals surface area contributed by atoms with Crippen molar-refractivity contribution in [1.82, 2.24) is 15.3 Å². The molecule has 3 nitrogen and oxygen atoms in total. The van der Waals surface area contributed by atoms with E-state index in [0.717, 1.165) is 18.9 Å². The molecule has 2 aliphatic rings. The average Bonchev–Trinajstić information content (AvgIpc) is 2.72. The van der Waals surface area contributed by atoms with Crippen molar-refractivity contribution < 1.29 is 0 Å². The van der Waals surface area contributed by atoms with E-state index in [4.69, 9.17) is 0 Å². The van der Waals surface area contributed by atoms with Gasteiger partial charge in [0.1, 0.15) is 0 Å². The Morgan fingerprint density at radius 2 is 2.20 bits per heavy atom. The molecule has 0 saturated heterocycles. The third-order valence-corrected chi connectivity index (χ3v) is 4.14. The second-order valence-corrected chi connectivity index (χ2v) is 5.17. The maximum atomic E-state index is 4.54. The molecule has 1 aliphatic heterocycles. The highest BCUT2D eigenvalue weighted by molar-refractivity contribution is 5.25. The van der Waals surface area contributed by atoms with Gasteiger partial charge in [-0.25, -0.2) is 4.98 Å². The third kappa shape index (κ3) is 1.41. The molecule has 3 rings (SSSR count).